The van der Waals surface area contributed by atoms with E-state index >= 15 is 0 Å². The minimum Gasteiger partial charge on any atom is -0.442 e. The molecule has 68 valence electrons. The zero-order valence-electron chi connectivity index (χ0n) is 7.14. The number of ether oxygens (including phenoxy) is 1. The number of carbonyl (C=O) groups excluding carboxylic acids is 1. The van der Waals surface area contributed by atoms with E-state index in [4.69, 9.17) is 4.74 Å². The largest absolute Gasteiger partial charge is 0.461 e. The van der Waals surface area contributed by atoms with Gasteiger partial charge in [-0.3, -0.25) is 0 Å². The van der Waals surface area contributed by atoms with Crippen LogP contribution in [0.15, 0.2) is 43.2 Å². The van der Waals surface area contributed by atoms with Crippen LogP contribution in [0.3, 0.4) is 0 Å². The van der Waals surface area contributed by atoms with Gasteiger partial charge in [0.15, 0.2) is 12.4 Å². The van der Waals surface area contributed by atoms with Gasteiger partial charge in [0, 0.05) is 12.1 Å². The fourth-order valence-corrected chi connectivity index (χ4v) is 0.746. The van der Waals surface area contributed by atoms with Crippen LogP contribution in [0.5, 0.6) is 0 Å². The summed E-state index contributed by atoms with van der Waals surface area (Å²) >= 11 is 0. The Bertz CT molecular complexity index is 285. The van der Waals surface area contributed by atoms with Crippen LogP contribution in [0.4, 0.5) is 4.79 Å². The number of aromatic nitrogens is 1. The number of amides is 1. The quantitative estimate of drug-likeness (QED) is 0.552. The summed E-state index contributed by atoms with van der Waals surface area (Å²) in [4.78, 5) is 11.0. The second-order valence-corrected chi connectivity index (χ2v) is 2.28. The monoisotopic (exact) mass is 179 g/mol. The molecule has 0 saturated heterocycles. The van der Waals surface area contributed by atoms with Gasteiger partial charge >= 0.3 is 6.09 Å². The van der Waals surface area contributed by atoms with Gasteiger partial charge in [0.25, 0.3) is 0 Å². The van der Waals surface area contributed by atoms with Gasteiger partial charge in [0.1, 0.15) is 6.61 Å². The molecule has 0 atom stereocenters. The fourth-order valence-electron chi connectivity index (χ4n) is 0.746. The van der Waals surface area contributed by atoms with E-state index in [1.165, 1.54) is 10.8 Å². The summed E-state index contributed by atoms with van der Waals surface area (Å²) in [6.07, 6.45) is 4.41. The van der Waals surface area contributed by atoms with E-state index in [0.717, 1.165) is 0 Å². The molecular weight excluding hydrogens is 168 g/mol. The zero-order chi connectivity index (χ0) is 9.52. The summed E-state index contributed by atoms with van der Waals surface area (Å²) in [5.41, 5.74) is 2.48. The third kappa shape index (κ3) is 3.37. The molecule has 0 fully saturated rings. The Balaban J connectivity index is 2.41. The van der Waals surface area contributed by atoms with Crippen molar-refractivity contribution in [3.63, 3.8) is 0 Å². The van der Waals surface area contributed by atoms with Crippen molar-refractivity contribution in [2.45, 2.75) is 0 Å². The smallest absolute Gasteiger partial charge is 0.442 e. The van der Waals surface area contributed by atoms with Crippen LogP contribution in [-0.4, -0.2) is 12.7 Å². The first-order chi connectivity index (χ1) is 6.33. The molecule has 0 aromatic carbocycles. The van der Waals surface area contributed by atoms with Crippen LogP contribution in [0, 0.1) is 0 Å². The molecule has 0 spiro atoms. The maximum atomic E-state index is 11.0. The van der Waals surface area contributed by atoms with Gasteiger partial charge in [0.05, 0.1) is 0 Å². The minimum absolute atomic E-state index is 0.208. The highest BCUT2D eigenvalue weighted by atomic mass is 16.6. The first-order valence-corrected chi connectivity index (χ1v) is 3.84. The van der Waals surface area contributed by atoms with E-state index in [-0.39, 0.29) is 6.61 Å². The first kappa shape index (κ1) is 9.25. The van der Waals surface area contributed by atoms with E-state index in [1.54, 1.807) is 24.5 Å². The first-order valence-electron chi connectivity index (χ1n) is 3.84. The van der Waals surface area contributed by atoms with Crippen LogP contribution >= 0.6 is 0 Å². The third-order valence-corrected chi connectivity index (χ3v) is 1.27. The number of pyridine rings is 1. The summed E-state index contributed by atoms with van der Waals surface area (Å²) in [6, 6.07) is 5.45. The van der Waals surface area contributed by atoms with Gasteiger partial charge in [-0.2, -0.15) is 0 Å². The van der Waals surface area contributed by atoms with Gasteiger partial charge < -0.3 is 4.74 Å². The summed E-state index contributed by atoms with van der Waals surface area (Å²) in [7, 11) is 0. The number of nitrogens with zero attached hydrogens (tertiary/aromatic N) is 1. The van der Waals surface area contributed by atoms with E-state index in [2.05, 4.69) is 12.0 Å². The highest BCUT2D eigenvalue weighted by Gasteiger charge is 2.05. The molecule has 1 heterocycles. The molecule has 13 heavy (non-hydrogen) atoms. The number of carbonyl (C=O) groups is 1. The number of rotatable bonds is 3. The molecule has 1 aromatic rings. The summed E-state index contributed by atoms with van der Waals surface area (Å²) in [6.45, 7) is 3.64. The van der Waals surface area contributed by atoms with Gasteiger partial charge in [-0.15, -0.1) is 0 Å². The molecule has 1 aromatic heterocycles. The highest BCUT2D eigenvalue weighted by Crippen LogP contribution is 1.79. The van der Waals surface area contributed by atoms with Crippen molar-refractivity contribution >= 4 is 6.09 Å². The lowest BCUT2D eigenvalue weighted by Gasteiger charge is -1.98. The van der Waals surface area contributed by atoms with Gasteiger partial charge in [-0.05, 0) is 0 Å². The maximum absolute atomic E-state index is 11.0. The van der Waals surface area contributed by atoms with Crippen LogP contribution in [0.25, 0.3) is 0 Å². The molecular formula is C9H11N2O2+. The molecule has 4 nitrogen and oxygen atoms in total. The summed E-state index contributed by atoms with van der Waals surface area (Å²) in [5, 5.41) is 0. The Morgan fingerprint density at radius 1 is 1.46 bits per heavy atom. The normalized spacial score (nSPS) is 8.92. The molecule has 0 saturated carbocycles. The lowest BCUT2D eigenvalue weighted by Crippen LogP contribution is -2.47. The summed E-state index contributed by atoms with van der Waals surface area (Å²) in [5.74, 6) is 0. The van der Waals surface area contributed by atoms with Crippen LogP contribution in [0.2, 0.25) is 0 Å². The Kier molecular flexibility index (Phi) is 3.50. The Hall–Kier alpha value is -1.84. The lowest BCUT2D eigenvalue weighted by molar-refractivity contribution is -0.642. The van der Waals surface area contributed by atoms with Crippen molar-refractivity contribution in [3.05, 3.63) is 43.2 Å². The fraction of sp³-hybridized carbons (Fsp3) is 0.111. The number of hydrogen-bond acceptors (Lipinski definition) is 2. The Morgan fingerprint density at radius 3 is 2.77 bits per heavy atom. The van der Waals surface area contributed by atoms with E-state index < -0.39 is 6.09 Å². The topological polar surface area (TPSA) is 42.2 Å². The van der Waals surface area contributed by atoms with Crippen LogP contribution in [-0.2, 0) is 4.74 Å². The van der Waals surface area contributed by atoms with Crippen LogP contribution < -0.4 is 10.1 Å². The molecule has 0 aliphatic heterocycles. The van der Waals surface area contributed by atoms with Crippen molar-refractivity contribution in [2.24, 2.45) is 0 Å². The minimum atomic E-state index is -0.504. The summed E-state index contributed by atoms with van der Waals surface area (Å²) < 4.78 is 6.21. The molecule has 0 radical (unpaired) electrons. The lowest BCUT2D eigenvalue weighted by atomic mass is 10.5. The molecule has 1 rings (SSSR count). The number of hydrogen-bond donors (Lipinski definition) is 1. The van der Waals surface area contributed by atoms with E-state index in [0.29, 0.717) is 0 Å². The van der Waals surface area contributed by atoms with Crippen LogP contribution in [0.1, 0.15) is 0 Å². The van der Waals surface area contributed by atoms with Crippen molar-refractivity contribution in [2.75, 3.05) is 12.0 Å². The molecule has 1 amide bonds. The number of nitrogens with one attached hydrogen (secondary N) is 1. The third-order valence-electron chi connectivity index (χ3n) is 1.27. The van der Waals surface area contributed by atoms with Gasteiger partial charge in [0.2, 0.25) is 0 Å². The van der Waals surface area contributed by atoms with Crippen molar-refractivity contribution in [1.82, 2.24) is 0 Å². The molecule has 0 bridgehead atoms. The average Bonchev–Trinajstić information content (AvgIpc) is 2.16. The molecule has 0 aliphatic carbocycles. The van der Waals surface area contributed by atoms with Gasteiger partial charge in [-0.25, -0.2) is 4.79 Å². The highest BCUT2D eigenvalue weighted by molar-refractivity contribution is 5.73. The van der Waals surface area contributed by atoms with Crippen molar-refractivity contribution in [3.8, 4) is 0 Å². The van der Waals surface area contributed by atoms with Crippen molar-refractivity contribution < 1.29 is 14.2 Å². The molecule has 4 heteroatoms. The zero-order valence-corrected chi connectivity index (χ0v) is 7.14. The maximum Gasteiger partial charge on any atom is 0.461 e. The second kappa shape index (κ2) is 4.92. The molecule has 1 N–H and O–H groups in total. The Labute approximate surface area is 76.4 Å². The second-order valence-electron chi connectivity index (χ2n) is 2.28. The van der Waals surface area contributed by atoms with Crippen molar-refractivity contribution in [1.29, 1.82) is 0 Å². The Morgan fingerprint density at radius 2 is 2.15 bits per heavy atom. The predicted molar refractivity (Wildman–Crippen MR) is 47.5 cm³/mol. The van der Waals surface area contributed by atoms with E-state index in [1.807, 2.05) is 6.07 Å². The predicted octanol–water partition coefficient (Wildman–Crippen LogP) is 0.840. The standard InChI is InChI=1S/C9H10N2O2/c1-2-8-13-9(12)10-11-6-4-3-5-7-11/h2-7H,1,8H2/p+1. The molecule has 0 unspecified atom stereocenters. The average molecular weight is 179 g/mol. The SMILES string of the molecule is C=CCOC(=O)N[n+]1ccccc1. The van der Waals surface area contributed by atoms with E-state index in [9.17, 15) is 4.79 Å². The van der Waals surface area contributed by atoms with Gasteiger partial charge in [-0.1, -0.05) is 28.8 Å². The molecule has 0 aliphatic rings.